The third kappa shape index (κ3) is 2.77. The van der Waals surface area contributed by atoms with Gasteiger partial charge in [-0.15, -0.1) is 0 Å². The van der Waals surface area contributed by atoms with Crippen molar-refractivity contribution in [3.63, 3.8) is 0 Å². The van der Waals surface area contributed by atoms with Crippen molar-refractivity contribution in [2.45, 2.75) is 24.8 Å². The summed E-state index contributed by atoms with van der Waals surface area (Å²) in [6, 6.07) is 23.2. The van der Waals surface area contributed by atoms with E-state index in [0.29, 0.717) is 0 Å². The lowest BCUT2D eigenvalue weighted by molar-refractivity contribution is 0.952. The molecule has 0 spiro atoms. The lowest BCUT2D eigenvalue weighted by Gasteiger charge is -2.10. The predicted octanol–water partition coefficient (Wildman–Crippen LogP) is 5.94. The topological polar surface area (TPSA) is 30.2 Å². The van der Waals surface area contributed by atoms with Gasteiger partial charge in [0.05, 0.1) is 16.6 Å². The second-order valence-electron chi connectivity index (χ2n) is 6.89. The number of aryl methyl sites for hydroxylation is 2. The van der Waals surface area contributed by atoms with Crippen LogP contribution in [0, 0.1) is 13.8 Å². The average Bonchev–Trinajstić information content (AvgIpc) is 3.08. The van der Waals surface area contributed by atoms with Crippen molar-refractivity contribution in [2.75, 3.05) is 0 Å². The fourth-order valence-corrected chi connectivity index (χ4v) is 4.58. The molecule has 2 aromatic heterocycles. The summed E-state index contributed by atoms with van der Waals surface area (Å²) in [4.78, 5) is 9.88. The van der Waals surface area contributed by atoms with Crippen LogP contribution in [0.4, 0.5) is 0 Å². The Hall–Kier alpha value is -2.85. The maximum Gasteiger partial charge on any atom is 0.175 e. The largest absolute Gasteiger partial charge is 0.271 e. The molecule has 5 rings (SSSR count). The van der Waals surface area contributed by atoms with Gasteiger partial charge in [0.25, 0.3) is 0 Å². The first kappa shape index (κ1) is 16.3. The van der Waals surface area contributed by atoms with Crippen LogP contribution in [0.5, 0.6) is 0 Å². The zero-order valence-electron chi connectivity index (χ0n) is 15.3. The van der Waals surface area contributed by atoms with Crippen LogP contribution in [0.3, 0.4) is 0 Å². The van der Waals surface area contributed by atoms with E-state index in [4.69, 9.17) is 9.97 Å². The van der Waals surface area contributed by atoms with Crippen LogP contribution in [0.15, 0.2) is 71.9 Å². The number of para-hydroxylation sites is 3. The van der Waals surface area contributed by atoms with Crippen LogP contribution in [0.25, 0.3) is 27.6 Å². The number of benzene rings is 3. The number of hydrogen-bond donors (Lipinski definition) is 0. The highest BCUT2D eigenvalue weighted by atomic mass is 32.2. The summed E-state index contributed by atoms with van der Waals surface area (Å²) in [5.41, 5.74) is 8.04. The third-order valence-corrected chi connectivity index (χ3v) is 5.96. The number of rotatable bonds is 3. The zero-order chi connectivity index (χ0) is 18.4. The molecular weight excluding hydrogens is 350 g/mol. The highest BCUT2D eigenvalue weighted by molar-refractivity contribution is 7.98. The summed E-state index contributed by atoms with van der Waals surface area (Å²) in [5, 5.41) is 2.07. The third-order valence-electron chi connectivity index (χ3n) is 4.97. The van der Waals surface area contributed by atoms with E-state index in [1.807, 2.05) is 18.2 Å². The van der Waals surface area contributed by atoms with Crippen molar-refractivity contribution in [1.29, 1.82) is 0 Å². The molecule has 0 aliphatic rings. The molecule has 0 saturated carbocycles. The van der Waals surface area contributed by atoms with Gasteiger partial charge < -0.3 is 0 Å². The summed E-state index contributed by atoms with van der Waals surface area (Å²) >= 11 is 1.77. The van der Waals surface area contributed by atoms with Gasteiger partial charge in [-0.1, -0.05) is 59.8 Å². The van der Waals surface area contributed by atoms with Crippen molar-refractivity contribution in [3.05, 3.63) is 83.4 Å². The van der Waals surface area contributed by atoms with Gasteiger partial charge in [-0.2, -0.15) is 0 Å². The first-order valence-corrected chi connectivity index (χ1v) is 10.0. The van der Waals surface area contributed by atoms with Crippen molar-refractivity contribution in [1.82, 2.24) is 14.4 Å². The Morgan fingerprint density at radius 2 is 1.63 bits per heavy atom. The molecule has 0 N–H and O–H groups in total. The Labute approximate surface area is 162 Å². The van der Waals surface area contributed by atoms with Gasteiger partial charge in [-0.25, -0.2) is 9.97 Å². The molecule has 0 unspecified atom stereocenters. The van der Waals surface area contributed by atoms with Gasteiger partial charge >= 0.3 is 0 Å². The summed E-state index contributed by atoms with van der Waals surface area (Å²) in [7, 11) is 0. The minimum Gasteiger partial charge on any atom is -0.271 e. The van der Waals surface area contributed by atoms with Gasteiger partial charge in [0.15, 0.2) is 5.16 Å². The number of imidazole rings is 1. The van der Waals surface area contributed by atoms with Crippen LogP contribution in [-0.4, -0.2) is 14.4 Å². The van der Waals surface area contributed by atoms with Crippen molar-refractivity contribution in [2.24, 2.45) is 0 Å². The van der Waals surface area contributed by atoms with E-state index < -0.39 is 0 Å². The predicted molar refractivity (Wildman–Crippen MR) is 113 cm³/mol. The molecule has 132 valence electrons. The number of thioether (sulfide) groups is 1. The van der Waals surface area contributed by atoms with Crippen molar-refractivity contribution < 1.29 is 0 Å². The van der Waals surface area contributed by atoms with Crippen LogP contribution in [0.1, 0.15) is 16.7 Å². The fraction of sp³-hybridized carbons (Fsp3) is 0.130. The molecule has 0 amide bonds. The summed E-state index contributed by atoms with van der Waals surface area (Å²) in [6.07, 6.45) is 0. The Morgan fingerprint density at radius 1 is 0.852 bits per heavy atom. The Balaban J connectivity index is 1.71. The smallest absolute Gasteiger partial charge is 0.175 e. The van der Waals surface area contributed by atoms with E-state index >= 15 is 0 Å². The molecule has 2 heterocycles. The van der Waals surface area contributed by atoms with Crippen molar-refractivity contribution in [3.8, 4) is 0 Å². The van der Waals surface area contributed by atoms with E-state index in [1.165, 1.54) is 16.7 Å². The molecule has 0 saturated heterocycles. The normalized spacial score (nSPS) is 11.6. The van der Waals surface area contributed by atoms with Crippen LogP contribution < -0.4 is 0 Å². The summed E-state index contributed by atoms with van der Waals surface area (Å²) < 4.78 is 2.20. The SMILES string of the molecule is Cc1ccc(C)c(CSc2nc3ccccc3c3nc4ccccc4n23)c1. The molecule has 0 aliphatic heterocycles. The van der Waals surface area contributed by atoms with Crippen molar-refractivity contribution >= 4 is 39.3 Å². The Bertz CT molecular complexity index is 1300. The quantitative estimate of drug-likeness (QED) is 0.291. The highest BCUT2D eigenvalue weighted by Gasteiger charge is 2.14. The molecule has 3 aromatic carbocycles. The van der Waals surface area contributed by atoms with Gasteiger partial charge in [0, 0.05) is 11.1 Å². The van der Waals surface area contributed by atoms with E-state index in [0.717, 1.165) is 38.5 Å². The Kier molecular flexibility index (Phi) is 3.87. The van der Waals surface area contributed by atoms with Gasteiger partial charge in [-0.05, 0) is 49.2 Å². The number of aromatic nitrogens is 3. The molecule has 0 fully saturated rings. The van der Waals surface area contributed by atoms with Gasteiger partial charge in [0.1, 0.15) is 5.65 Å². The second-order valence-corrected chi connectivity index (χ2v) is 7.83. The van der Waals surface area contributed by atoms with E-state index in [1.54, 1.807) is 11.8 Å². The van der Waals surface area contributed by atoms with Crippen LogP contribution in [0.2, 0.25) is 0 Å². The molecular formula is C23H19N3S. The average molecular weight is 369 g/mol. The highest BCUT2D eigenvalue weighted by Crippen LogP contribution is 2.31. The van der Waals surface area contributed by atoms with Gasteiger partial charge in [0.2, 0.25) is 0 Å². The molecule has 0 atom stereocenters. The molecule has 27 heavy (non-hydrogen) atoms. The molecule has 0 aliphatic carbocycles. The lowest BCUT2D eigenvalue weighted by atomic mass is 10.1. The fourth-order valence-electron chi connectivity index (χ4n) is 3.51. The van der Waals surface area contributed by atoms with Crippen LogP contribution in [-0.2, 0) is 5.75 Å². The molecule has 0 bridgehead atoms. The number of hydrogen-bond acceptors (Lipinski definition) is 3. The minimum atomic E-state index is 0.889. The van der Waals surface area contributed by atoms with E-state index in [2.05, 4.69) is 66.8 Å². The molecule has 5 aromatic rings. The molecule has 0 radical (unpaired) electrons. The first-order chi connectivity index (χ1) is 13.2. The second kappa shape index (κ2) is 6.39. The Morgan fingerprint density at radius 3 is 2.52 bits per heavy atom. The summed E-state index contributed by atoms with van der Waals surface area (Å²) in [5.74, 6) is 0.889. The molecule has 3 nitrogen and oxygen atoms in total. The molecule has 4 heteroatoms. The summed E-state index contributed by atoms with van der Waals surface area (Å²) in [6.45, 7) is 4.31. The van der Waals surface area contributed by atoms with E-state index in [9.17, 15) is 0 Å². The monoisotopic (exact) mass is 369 g/mol. The van der Waals surface area contributed by atoms with Gasteiger partial charge in [-0.3, -0.25) is 4.40 Å². The maximum absolute atomic E-state index is 4.98. The maximum atomic E-state index is 4.98. The standard InChI is InChI=1S/C23H19N3S/c1-15-11-12-16(2)17(13-15)14-27-23-25-19-8-4-3-7-18(19)22-24-20-9-5-6-10-21(20)26(22)23/h3-13H,14H2,1-2H3. The van der Waals surface area contributed by atoms with Crippen LogP contribution >= 0.6 is 11.8 Å². The zero-order valence-corrected chi connectivity index (χ0v) is 16.1. The lowest BCUT2D eigenvalue weighted by Crippen LogP contribution is -1.97. The minimum absolute atomic E-state index is 0.889. The van der Waals surface area contributed by atoms with E-state index in [-0.39, 0.29) is 0 Å². The number of nitrogens with zero attached hydrogens (tertiary/aromatic N) is 3. The first-order valence-electron chi connectivity index (χ1n) is 9.05. The number of fused-ring (bicyclic) bond motifs is 5.